The lowest BCUT2D eigenvalue weighted by atomic mass is 9.93. The molecule has 0 saturated carbocycles. The van der Waals surface area contributed by atoms with E-state index in [9.17, 15) is 18.0 Å². The lowest BCUT2D eigenvalue weighted by molar-refractivity contribution is -0.140. The number of anilines is 1. The fourth-order valence-electron chi connectivity index (χ4n) is 3.71. The van der Waals surface area contributed by atoms with Crippen LogP contribution in [0.4, 0.5) is 19.0 Å². The molecule has 4 rings (SSSR count). The Kier molecular flexibility index (Phi) is 5.07. The summed E-state index contributed by atoms with van der Waals surface area (Å²) in [6.45, 7) is 4.04. The second-order valence-electron chi connectivity index (χ2n) is 8.00. The lowest BCUT2D eigenvalue weighted by Crippen LogP contribution is -2.57. The molecule has 31 heavy (non-hydrogen) atoms. The molecule has 0 spiro atoms. The lowest BCUT2D eigenvalue weighted by Gasteiger charge is -2.44. The summed E-state index contributed by atoms with van der Waals surface area (Å²) in [5.74, 6) is -0.931. The molecule has 0 radical (unpaired) electrons. The number of alkyl halides is 3. The molecule has 3 aromatic rings. The van der Waals surface area contributed by atoms with Gasteiger partial charge in [0.25, 0.3) is 0 Å². The second kappa shape index (κ2) is 7.37. The fraction of sp³-hybridized carbons (Fsp3) is 0.400. The first kappa shape index (κ1) is 21.4. The van der Waals surface area contributed by atoms with Gasteiger partial charge in [-0.1, -0.05) is 6.07 Å². The van der Waals surface area contributed by atoms with E-state index in [2.05, 4.69) is 15.0 Å². The molecule has 4 heterocycles. The van der Waals surface area contributed by atoms with Crippen LogP contribution < -0.4 is 4.90 Å². The molecule has 1 amide bonds. The topological polar surface area (TPSA) is 66.6 Å². The molecule has 0 N–H and O–H groups in total. The van der Waals surface area contributed by atoms with Gasteiger partial charge in [0.15, 0.2) is 0 Å². The summed E-state index contributed by atoms with van der Waals surface area (Å²) < 4.78 is 41.8. The van der Waals surface area contributed by atoms with E-state index < -0.39 is 23.2 Å². The number of nitrogens with zero attached hydrogens (tertiary/aromatic N) is 6. The van der Waals surface area contributed by atoms with Crippen LogP contribution in [0.3, 0.4) is 0 Å². The summed E-state index contributed by atoms with van der Waals surface area (Å²) in [5.41, 5.74) is -0.0611. The van der Waals surface area contributed by atoms with E-state index in [-0.39, 0.29) is 30.1 Å². The van der Waals surface area contributed by atoms with Crippen LogP contribution >= 0.6 is 11.6 Å². The normalized spacial score (nSPS) is 15.3. The number of carbonyl (C=O) groups excluding carboxylic acids is 1. The van der Waals surface area contributed by atoms with Gasteiger partial charge in [-0.25, -0.2) is 9.97 Å². The van der Waals surface area contributed by atoms with E-state index in [4.69, 9.17) is 11.6 Å². The predicted molar refractivity (Wildman–Crippen MR) is 109 cm³/mol. The molecule has 0 unspecified atom stereocenters. The first-order chi connectivity index (χ1) is 14.5. The summed E-state index contributed by atoms with van der Waals surface area (Å²) in [6.07, 6.45) is -0.346. The standard InChI is InChI=1S/C20H20ClF3N6O/c1-19(2,14-9-25-15-6-4-5-7-30(14)15)28(3)17(31)12-10-29(11-12)16-13(20(22,23)24)8-26-18(21)27-16/h4-9,12H,10-11H2,1-3H3. The van der Waals surface area contributed by atoms with Gasteiger partial charge in [0, 0.05) is 32.5 Å². The van der Waals surface area contributed by atoms with Crippen LogP contribution in [0.15, 0.2) is 36.8 Å². The minimum Gasteiger partial charge on any atom is -0.354 e. The highest BCUT2D eigenvalue weighted by Crippen LogP contribution is 2.38. The molecule has 0 aliphatic carbocycles. The van der Waals surface area contributed by atoms with Crippen LogP contribution in [-0.4, -0.2) is 50.3 Å². The molecule has 1 aliphatic heterocycles. The summed E-state index contributed by atoms with van der Waals surface area (Å²) >= 11 is 5.71. The quantitative estimate of drug-likeness (QED) is 0.566. The maximum atomic E-state index is 13.3. The second-order valence-corrected chi connectivity index (χ2v) is 8.34. The Morgan fingerprint density at radius 2 is 1.90 bits per heavy atom. The summed E-state index contributed by atoms with van der Waals surface area (Å²) in [4.78, 5) is 27.7. The Morgan fingerprint density at radius 1 is 1.19 bits per heavy atom. The largest absolute Gasteiger partial charge is 0.421 e. The summed E-state index contributed by atoms with van der Waals surface area (Å²) in [7, 11) is 1.69. The molecule has 11 heteroatoms. The van der Waals surface area contributed by atoms with Crippen molar-refractivity contribution in [2.45, 2.75) is 25.6 Å². The number of imidazole rings is 1. The van der Waals surface area contributed by atoms with Crippen molar-refractivity contribution >= 4 is 29.0 Å². The van der Waals surface area contributed by atoms with Gasteiger partial charge >= 0.3 is 6.18 Å². The number of halogens is 4. The minimum absolute atomic E-state index is 0.114. The van der Waals surface area contributed by atoms with Crippen LogP contribution in [0.1, 0.15) is 25.1 Å². The van der Waals surface area contributed by atoms with Crippen molar-refractivity contribution < 1.29 is 18.0 Å². The van der Waals surface area contributed by atoms with Crippen molar-refractivity contribution in [2.75, 3.05) is 25.0 Å². The van der Waals surface area contributed by atoms with E-state index >= 15 is 0 Å². The number of amides is 1. The van der Waals surface area contributed by atoms with Crippen molar-refractivity contribution in [3.05, 3.63) is 53.3 Å². The van der Waals surface area contributed by atoms with Crippen LogP contribution in [0.25, 0.3) is 5.65 Å². The van der Waals surface area contributed by atoms with Gasteiger partial charge in [-0.2, -0.15) is 18.2 Å². The number of pyridine rings is 1. The van der Waals surface area contributed by atoms with Gasteiger partial charge in [0.1, 0.15) is 17.0 Å². The van der Waals surface area contributed by atoms with Gasteiger partial charge in [0.2, 0.25) is 11.2 Å². The molecule has 1 aliphatic rings. The molecule has 0 aromatic carbocycles. The van der Waals surface area contributed by atoms with Crippen LogP contribution in [0.5, 0.6) is 0 Å². The Balaban J connectivity index is 1.52. The van der Waals surface area contributed by atoms with Gasteiger partial charge < -0.3 is 14.2 Å². The summed E-state index contributed by atoms with van der Waals surface area (Å²) in [5, 5.41) is -0.274. The van der Waals surface area contributed by atoms with Gasteiger partial charge in [-0.05, 0) is 37.6 Å². The predicted octanol–water partition coefficient (Wildman–Crippen LogP) is 3.63. The average molecular weight is 453 g/mol. The van der Waals surface area contributed by atoms with Crippen molar-refractivity contribution in [2.24, 2.45) is 5.92 Å². The maximum absolute atomic E-state index is 13.3. The van der Waals surface area contributed by atoms with Crippen LogP contribution in [-0.2, 0) is 16.5 Å². The number of rotatable bonds is 4. The number of carbonyl (C=O) groups is 1. The number of aromatic nitrogens is 4. The molecule has 1 saturated heterocycles. The highest BCUT2D eigenvalue weighted by molar-refractivity contribution is 6.28. The zero-order valence-electron chi connectivity index (χ0n) is 17.1. The molecule has 0 bridgehead atoms. The van der Waals surface area contributed by atoms with Crippen molar-refractivity contribution in [1.29, 1.82) is 0 Å². The Bertz CT molecular complexity index is 1140. The molecule has 3 aromatic heterocycles. The first-order valence-corrected chi connectivity index (χ1v) is 9.93. The van der Waals surface area contributed by atoms with Crippen molar-refractivity contribution in [1.82, 2.24) is 24.3 Å². The molecule has 0 atom stereocenters. The number of fused-ring (bicyclic) bond motifs is 1. The Hall–Kier alpha value is -2.88. The van der Waals surface area contributed by atoms with Gasteiger partial charge in [0.05, 0.1) is 23.3 Å². The third-order valence-electron chi connectivity index (χ3n) is 5.79. The fourth-order valence-corrected chi connectivity index (χ4v) is 3.84. The SMILES string of the molecule is CN(C(=O)C1CN(c2nc(Cl)ncc2C(F)(F)F)C1)C(C)(C)c1cnc2ccccn12. The van der Waals surface area contributed by atoms with E-state index in [1.54, 1.807) is 18.1 Å². The summed E-state index contributed by atoms with van der Waals surface area (Å²) in [6, 6.07) is 5.63. The third kappa shape index (κ3) is 3.69. The van der Waals surface area contributed by atoms with Crippen LogP contribution in [0, 0.1) is 5.92 Å². The molecular formula is C20H20ClF3N6O. The van der Waals surface area contributed by atoms with E-state index in [0.29, 0.717) is 6.20 Å². The molecule has 1 fully saturated rings. The van der Waals surface area contributed by atoms with E-state index in [1.807, 2.05) is 42.6 Å². The van der Waals surface area contributed by atoms with Gasteiger partial charge in [-0.3, -0.25) is 4.79 Å². The highest BCUT2D eigenvalue weighted by atomic mass is 35.5. The third-order valence-corrected chi connectivity index (χ3v) is 5.97. The molecule has 164 valence electrons. The molecule has 7 nitrogen and oxygen atoms in total. The van der Waals surface area contributed by atoms with Gasteiger partial charge in [-0.15, -0.1) is 0 Å². The number of hydrogen-bond donors (Lipinski definition) is 0. The smallest absolute Gasteiger partial charge is 0.354 e. The molecular weight excluding hydrogens is 433 g/mol. The maximum Gasteiger partial charge on any atom is 0.421 e. The highest BCUT2D eigenvalue weighted by Gasteiger charge is 2.44. The zero-order chi connectivity index (χ0) is 22.6. The zero-order valence-corrected chi connectivity index (χ0v) is 17.8. The Morgan fingerprint density at radius 3 is 2.58 bits per heavy atom. The monoisotopic (exact) mass is 452 g/mol. The van der Waals surface area contributed by atoms with E-state index in [0.717, 1.165) is 11.3 Å². The van der Waals surface area contributed by atoms with Crippen molar-refractivity contribution in [3.8, 4) is 0 Å². The Labute approximate surface area is 181 Å². The first-order valence-electron chi connectivity index (χ1n) is 9.55. The van der Waals surface area contributed by atoms with Crippen LogP contribution in [0.2, 0.25) is 5.28 Å². The average Bonchev–Trinajstić information content (AvgIpc) is 3.10. The van der Waals surface area contributed by atoms with Crippen molar-refractivity contribution in [3.63, 3.8) is 0 Å². The van der Waals surface area contributed by atoms with E-state index in [1.165, 1.54) is 4.90 Å². The number of hydrogen-bond acceptors (Lipinski definition) is 5. The minimum atomic E-state index is -4.61.